The van der Waals surface area contributed by atoms with E-state index >= 15 is 0 Å². The molecule has 1 N–H and O–H groups in total. The number of hydrogen-bond donors (Lipinski definition) is 1. The SMILES string of the molecule is Cn1cncc1Cn1nnc(C(=O)O)c1-c1ccncc1. The van der Waals surface area contributed by atoms with Gasteiger partial charge in [-0.15, -0.1) is 5.10 Å². The minimum atomic E-state index is -1.11. The number of carbonyl (C=O) groups is 1. The number of aromatic carboxylic acids is 1. The van der Waals surface area contributed by atoms with Gasteiger partial charge >= 0.3 is 5.97 Å². The van der Waals surface area contributed by atoms with Crippen LogP contribution in [0.3, 0.4) is 0 Å². The molecule has 3 heterocycles. The second kappa shape index (κ2) is 5.16. The average molecular weight is 284 g/mol. The number of hydrogen-bond acceptors (Lipinski definition) is 5. The summed E-state index contributed by atoms with van der Waals surface area (Å²) in [5, 5.41) is 17.0. The maximum absolute atomic E-state index is 11.3. The highest BCUT2D eigenvalue weighted by molar-refractivity contribution is 5.92. The Morgan fingerprint density at radius 3 is 2.67 bits per heavy atom. The Bertz CT molecular complexity index is 777. The van der Waals surface area contributed by atoms with Gasteiger partial charge in [-0.2, -0.15) is 0 Å². The normalized spacial score (nSPS) is 10.7. The van der Waals surface area contributed by atoms with Crippen molar-refractivity contribution in [3.8, 4) is 11.3 Å². The van der Waals surface area contributed by atoms with E-state index in [-0.39, 0.29) is 5.69 Å². The minimum Gasteiger partial charge on any atom is -0.476 e. The number of pyridine rings is 1. The quantitative estimate of drug-likeness (QED) is 0.761. The van der Waals surface area contributed by atoms with Crippen molar-refractivity contribution >= 4 is 5.97 Å². The molecule has 0 amide bonds. The molecule has 8 nitrogen and oxygen atoms in total. The molecule has 3 aromatic heterocycles. The zero-order valence-electron chi connectivity index (χ0n) is 11.2. The summed E-state index contributed by atoms with van der Waals surface area (Å²) in [6.45, 7) is 0.383. The van der Waals surface area contributed by atoms with E-state index in [2.05, 4.69) is 20.3 Å². The Labute approximate surface area is 119 Å². The molecule has 0 atom stereocenters. The molecule has 0 spiro atoms. The lowest BCUT2D eigenvalue weighted by Crippen LogP contribution is -2.08. The molecule has 0 fully saturated rings. The van der Waals surface area contributed by atoms with Crippen LogP contribution < -0.4 is 0 Å². The summed E-state index contributed by atoms with van der Waals surface area (Å²) in [5.74, 6) is -1.11. The first kappa shape index (κ1) is 13.0. The molecule has 0 bridgehead atoms. The molecule has 0 unspecified atom stereocenters. The molecule has 0 aliphatic heterocycles. The van der Waals surface area contributed by atoms with Crippen molar-refractivity contribution in [1.29, 1.82) is 0 Å². The number of aromatic nitrogens is 6. The fraction of sp³-hybridized carbons (Fsp3) is 0.154. The van der Waals surface area contributed by atoms with Crippen LogP contribution in [0.15, 0.2) is 37.1 Å². The largest absolute Gasteiger partial charge is 0.476 e. The van der Waals surface area contributed by atoms with Crippen molar-refractivity contribution in [2.24, 2.45) is 7.05 Å². The standard InChI is InChI=1S/C13H12N6O2/c1-18-8-15-6-10(18)7-19-12(9-2-4-14-5-3-9)11(13(20)21)16-17-19/h2-6,8H,7H2,1H3,(H,20,21). The van der Waals surface area contributed by atoms with Crippen LogP contribution in [0, 0.1) is 0 Å². The second-order valence-corrected chi connectivity index (χ2v) is 4.48. The Kier molecular flexibility index (Phi) is 3.19. The fourth-order valence-corrected chi connectivity index (χ4v) is 2.05. The van der Waals surface area contributed by atoms with Gasteiger partial charge in [0.2, 0.25) is 0 Å². The smallest absolute Gasteiger partial charge is 0.358 e. The molecule has 0 aromatic carbocycles. The van der Waals surface area contributed by atoms with E-state index in [9.17, 15) is 9.90 Å². The van der Waals surface area contributed by atoms with Crippen molar-refractivity contribution < 1.29 is 9.90 Å². The molecule has 21 heavy (non-hydrogen) atoms. The van der Waals surface area contributed by atoms with Gasteiger partial charge in [-0.25, -0.2) is 14.5 Å². The number of nitrogens with zero attached hydrogens (tertiary/aromatic N) is 6. The van der Waals surface area contributed by atoms with Crippen LogP contribution in [0.25, 0.3) is 11.3 Å². The van der Waals surface area contributed by atoms with Gasteiger partial charge in [-0.05, 0) is 12.1 Å². The van der Waals surface area contributed by atoms with Crippen LogP contribution in [-0.2, 0) is 13.6 Å². The van der Waals surface area contributed by atoms with Crippen LogP contribution in [0.5, 0.6) is 0 Å². The Morgan fingerprint density at radius 2 is 2.05 bits per heavy atom. The lowest BCUT2D eigenvalue weighted by atomic mass is 10.1. The van der Waals surface area contributed by atoms with Crippen LogP contribution in [0.4, 0.5) is 0 Å². The summed E-state index contributed by atoms with van der Waals surface area (Å²) < 4.78 is 3.40. The molecule has 0 aliphatic rings. The third kappa shape index (κ3) is 2.38. The maximum Gasteiger partial charge on any atom is 0.358 e. The fourth-order valence-electron chi connectivity index (χ4n) is 2.05. The summed E-state index contributed by atoms with van der Waals surface area (Å²) >= 11 is 0. The first-order valence-corrected chi connectivity index (χ1v) is 6.19. The maximum atomic E-state index is 11.3. The van der Waals surface area contributed by atoms with E-state index in [4.69, 9.17) is 0 Å². The number of carboxylic acids is 1. The van der Waals surface area contributed by atoms with Crippen molar-refractivity contribution in [2.75, 3.05) is 0 Å². The molecule has 0 radical (unpaired) electrons. The second-order valence-electron chi connectivity index (χ2n) is 4.48. The number of rotatable bonds is 4. The van der Waals surface area contributed by atoms with E-state index in [1.165, 1.54) is 0 Å². The van der Waals surface area contributed by atoms with E-state index < -0.39 is 5.97 Å². The summed E-state index contributed by atoms with van der Waals surface area (Å²) in [4.78, 5) is 19.3. The minimum absolute atomic E-state index is 0.0802. The summed E-state index contributed by atoms with van der Waals surface area (Å²) in [6, 6.07) is 3.45. The highest BCUT2D eigenvalue weighted by Gasteiger charge is 2.21. The highest BCUT2D eigenvalue weighted by atomic mass is 16.4. The topological polar surface area (TPSA) is 98.7 Å². The zero-order valence-corrected chi connectivity index (χ0v) is 11.2. The molecular formula is C13H12N6O2. The van der Waals surface area contributed by atoms with Gasteiger partial charge in [0.15, 0.2) is 5.69 Å². The molecule has 0 saturated carbocycles. The number of imidazole rings is 1. The van der Waals surface area contributed by atoms with Crippen LogP contribution in [0.1, 0.15) is 16.2 Å². The van der Waals surface area contributed by atoms with Crippen LogP contribution in [0.2, 0.25) is 0 Å². The van der Waals surface area contributed by atoms with Crippen LogP contribution in [-0.4, -0.2) is 40.6 Å². The third-order valence-corrected chi connectivity index (χ3v) is 3.12. The lowest BCUT2D eigenvalue weighted by molar-refractivity contribution is 0.0691. The predicted molar refractivity (Wildman–Crippen MR) is 72.5 cm³/mol. The molecule has 3 aromatic rings. The molecule has 8 heteroatoms. The predicted octanol–water partition coefficient (Wildman–Crippen LogP) is 0.820. The van der Waals surface area contributed by atoms with Crippen molar-refractivity contribution in [3.63, 3.8) is 0 Å². The van der Waals surface area contributed by atoms with E-state index in [1.54, 1.807) is 41.7 Å². The summed E-state index contributed by atoms with van der Waals surface area (Å²) in [6.07, 6.45) is 6.58. The first-order valence-electron chi connectivity index (χ1n) is 6.19. The van der Waals surface area contributed by atoms with Crippen molar-refractivity contribution in [1.82, 2.24) is 29.5 Å². The molecule has 106 valence electrons. The van der Waals surface area contributed by atoms with E-state index in [0.29, 0.717) is 17.8 Å². The Balaban J connectivity index is 2.09. The molecule has 0 aliphatic carbocycles. The number of aryl methyl sites for hydroxylation is 1. The van der Waals surface area contributed by atoms with Gasteiger partial charge in [-0.3, -0.25) is 4.98 Å². The monoisotopic (exact) mass is 284 g/mol. The van der Waals surface area contributed by atoms with Gasteiger partial charge in [0.1, 0.15) is 5.69 Å². The van der Waals surface area contributed by atoms with Gasteiger partial charge < -0.3 is 9.67 Å². The molecule has 3 rings (SSSR count). The van der Waals surface area contributed by atoms with Crippen molar-refractivity contribution in [2.45, 2.75) is 6.54 Å². The number of carboxylic acid groups (broad SMARTS) is 1. The average Bonchev–Trinajstić information content (AvgIpc) is 3.07. The highest BCUT2D eigenvalue weighted by Crippen LogP contribution is 2.22. The zero-order chi connectivity index (χ0) is 14.8. The van der Waals surface area contributed by atoms with Crippen molar-refractivity contribution in [3.05, 3.63) is 48.4 Å². The molecular weight excluding hydrogens is 272 g/mol. The summed E-state index contributed by atoms with van der Waals surface area (Å²) in [7, 11) is 1.86. The molecule has 0 saturated heterocycles. The Morgan fingerprint density at radius 1 is 1.29 bits per heavy atom. The third-order valence-electron chi connectivity index (χ3n) is 3.12. The van der Waals surface area contributed by atoms with Gasteiger partial charge in [-0.1, -0.05) is 5.21 Å². The van der Waals surface area contributed by atoms with E-state index in [1.807, 2.05) is 11.6 Å². The Hall–Kier alpha value is -3.03. The first-order chi connectivity index (χ1) is 10.2. The van der Waals surface area contributed by atoms with E-state index in [0.717, 1.165) is 5.69 Å². The summed E-state index contributed by atoms with van der Waals surface area (Å²) in [5.41, 5.74) is 1.97. The van der Waals surface area contributed by atoms with Gasteiger partial charge in [0, 0.05) is 25.0 Å². The van der Waals surface area contributed by atoms with Gasteiger partial charge in [0.25, 0.3) is 0 Å². The van der Waals surface area contributed by atoms with Crippen LogP contribution >= 0.6 is 0 Å². The lowest BCUT2D eigenvalue weighted by Gasteiger charge is -2.07. The van der Waals surface area contributed by atoms with Gasteiger partial charge in [0.05, 0.1) is 24.8 Å².